The molecule has 1 saturated carbocycles. The Morgan fingerprint density at radius 1 is 1.26 bits per heavy atom. The van der Waals surface area contributed by atoms with Crippen LogP contribution in [-0.4, -0.2) is 23.8 Å². The number of likely N-dealkylation sites (N-methyl/N-ethyl adjacent to an activating group) is 1. The number of carbonyl (C=O) groups excluding carboxylic acids is 2. The molecule has 19 heavy (non-hydrogen) atoms. The molecule has 0 spiro atoms. The molecule has 4 nitrogen and oxygen atoms in total. The quantitative estimate of drug-likeness (QED) is 0.833. The summed E-state index contributed by atoms with van der Waals surface area (Å²) in [4.78, 5) is 26.0. The van der Waals surface area contributed by atoms with Crippen molar-refractivity contribution < 1.29 is 14.7 Å². The van der Waals surface area contributed by atoms with Crippen LogP contribution >= 0.6 is 0 Å². The van der Waals surface area contributed by atoms with Gasteiger partial charge in [-0.2, -0.15) is 0 Å². The van der Waals surface area contributed by atoms with Crippen molar-refractivity contribution in [3.8, 4) is 0 Å². The van der Waals surface area contributed by atoms with Gasteiger partial charge < -0.3 is 10.0 Å². The zero-order valence-electron chi connectivity index (χ0n) is 10.9. The molecule has 1 N–H and O–H groups in total. The van der Waals surface area contributed by atoms with Crippen molar-refractivity contribution >= 4 is 17.4 Å². The smallest absolute Gasteiger partial charge is 0.264 e. The Balaban J connectivity index is 2.12. The van der Waals surface area contributed by atoms with E-state index < -0.39 is 11.5 Å². The predicted octanol–water partition coefficient (Wildman–Crippen LogP) is 1.61. The first kappa shape index (κ1) is 12.4. The van der Waals surface area contributed by atoms with Crippen LogP contribution in [0.5, 0.6) is 0 Å². The largest absolute Gasteiger partial charge is 0.375 e. The van der Waals surface area contributed by atoms with Crippen LogP contribution in [0.25, 0.3) is 0 Å². The van der Waals surface area contributed by atoms with E-state index in [1.54, 1.807) is 25.2 Å². The van der Waals surface area contributed by atoms with Crippen LogP contribution in [0.15, 0.2) is 24.3 Å². The van der Waals surface area contributed by atoms with Gasteiger partial charge in [0.2, 0.25) is 0 Å². The lowest BCUT2D eigenvalue weighted by Crippen LogP contribution is -2.48. The average molecular weight is 259 g/mol. The zero-order valence-corrected chi connectivity index (χ0v) is 10.9. The molecule has 1 heterocycles. The van der Waals surface area contributed by atoms with E-state index >= 15 is 0 Å². The van der Waals surface area contributed by atoms with Gasteiger partial charge in [0.15, 0.2) is 5.60 Å². The van der Waals surface area contributed by atoms with E-state index in [1.165, 1.54) is 4.90 Å². The number of anilines is 1. The van der Waals surface area contributed by atoms with Gasteiger partial charge in [0, 0.05) is 19.0 Å². The van der Waals surface area contributed by atoms with Gasteiger partial charge in [0.05, 0.1) is 11.6 Å². The molecular formula is C15H17NO3. The third kappa shape index (κ3) is 1.56. The lowest BCUT2D eigenvalue weighted by Gasteiger charge is -2.33. The van der Waals surface area contributed by atoms with E-state index in [4.69, 9.17) is 0 Å². The number of fused-ring (bicyclic) bond motifs is 1. The summed E-state index contributed by atoms with van der Waals surface area (Å²) >= 11 is 0. The number of carbonyl (C=O) groups is 2. The maximum absolute atomic E-state index is 12.5. The molecule has 1 aromatic rings. The van der Waals surface area contributed by atoms with Gasteiger partial charge in [-0.15, -0.1) is 0 Å². The second kappa shape index (κ2) is 4.17. The van der Waals surface area contributed by atoms with Gasteiger partial charge >= 0.3 is 0 Å². The molecule has 3 rings (SSSR count). The van der Waals surface area contributed by atoms with E-state index in [0.29, 0.717) is 24.1 Å². The molecule has 1 amide bonds. The highest BCUT2D eigenvalue weighted by atomic mass is 16.3. The summed E-state index contributed by atoms with van der Waals surface area (Å²) in [5.41, 5.74) is -0.390. The molecule has 1 unspecified atom stereocenters. The number of nitrogens with zero attached hydrogens (tertiary/aromatic N) is 1. The minimum Gasteiger partial charge on any atom is -0.375 e. The van der Waals surface area contributed by atoms with Gasteiger partial charge in [-0.25, -0.2) is 0 Å². The van der Waals surface area contributed by atoms with E-state index in [2.05, 4.69) is 0 Å². The third-order valence-corrected chi connectivity index (χ3v) is 4.37. The summed E-state index contributed by atoms with van der Waals surface area (Å²) in [6.07, 6.45) is 2.80. The summed E-state index contributed by atoms with van der Waals surface area (Å²) in [5, 5.41) is 11.0. The average Bonchev–Trinajstić information content (AvgIpc) is 2.63. The summed E-state index contributed by atoms with van der Waals surface area (Å²) in [6.45, 7) is 0. The fourth-order valence-electron chi connectivity index (χ4n) is 3.33. The molecule has 1 aliphatic carbocycles. The van der Waals surface area contributed by atoms with Crippen molar-refractivity contribution in [1.29, 1.82) is 0 Å². The number of amides is 1. The maximum Gasteiger partial charge on any atom is 0.264 e. The summed E-state index contributed by atoms with van der Waals surface area (Å²) in [6, 6.07) is 7.18. The Morgan fingerprint density at radius 3 is 2.74 bits per heavy atom. The Morgan fingerprint density at radius 2 is 2.00 bits per heavy atom. The molecule has 100 valence electrons. The maximum atomic E-state index is 12.5. The molecule has 0 bridgehead atoms. The first-order valence-corrected chi connectivity index (χ1v) is 6.69. The molecule has 0 radical (unpaired) electrons. The van der Waals surface area contributed by atoms with E-state index in [-0.39, 0.29) is 11.7 Å². The summed E-state index contributed by atoms with van der Waals surface area (Å²) in [5.74, 6) is -0.971. The number of hydrogen-bond acceptors (Lipinski definition) is 3. The molecule has 1 aliphatic heterocycles. The second-order valence-electron chi connectivity index (χ2n) is 5.41. The molecule has 1 fully saturated rings. The van der Waals surface area contributed by atoms with Crippen LogP contribution in [-0.2, 0) is 15.2 Å². The summed E-state index contributed by atoms with van der Waals surface area (Å²) < 4.78 is 0. The monoisotopic (exact) mass is 259 g/mol. The Hall–Kier alpha value is -1.68. The van der Waals surface area contributed by atoms with Crippen LogP contribution in [0.2, 0.25) is 0 Å². The predicted molar refractivity (Wildman–Crippen MR) is 70.7 cm³/mol. The van der Waals surface area contributed by atoms with Crippen LogP contribution in [0, 0.1) is 5.92 Å². The number of ketones is 1. The van der Waals surface area contributed by atoms with E-state index in [1.807, 2.05) is 6.07 Å². The topological polar surface area (TPSA) is 57.6 Å². The van der Waals surface area contributed by atoms with Gasteiger partial charge in [0.1, 0.15) is 5.78 Å². The second-order valence-corrected chi connectivity index (χ2v) is 5.41. The van der Waals surface area contributed by atoms with Crippen molar-refractivity contribution in [1.82, 2.24) is 0 Å². The molecule has 0 aromatic heterocycles. The first-order valence-electron chi connectivity index (χ1n) is 6.69. The highest BCUT2D eigenvalue weighted by Gasteiger charge is 2.55. The lowest BCUT2D eigenvalue weighted by molar-refractivity contribution is -0.151. The number of rotatable bonds is 1. The number of benzene rings is 1. The number of hydrogen-bond donors (Lipinski definition) is 1. The van der Waals surface area contributed by atoms with Gasteiger partial charge in [-0.1, -0.05) is 24.6 Å². The highest BCUT2D eigenvalue weighted by Crippen LogP contribution is 2.47. The molecule has 0 saturated heterocycles. The Bertz CT molecular complexity index is 554. The van der Waals surface area contributed by atoms with Gasteiger partial charge in [-0.05, 0) is 18.9 Å². The van der Waals surface area contributed by atoms with Gasteiger partial charge in [-0.3, -0.25) is 9.59 Å². The van der Waals surface area contributed by atoms with Crippen molar-refractivity contribution in [2.24, 2.45) is 5.92 Å². The van der Waals surface area contributed by atoms with Crippen LogP contribution < -0.4 is 4.90 Å². The Kier molecular flexibility index (Phi) is 2.71. The molecule has 2 atom stereocenters. The van der Waals surface area contributed by atoms with Crippen LogP contribution in [0.3, 0.4) is 0 Å². The molecular weight excluding hydrogens is 242 g/mol. The van der Waals surface area contributed by atoms with Crippen molar-refractivity contribution in [3.63, 3.8) is 0 Å². The number of Topliss-reactive ketones (excluding diaryl/α,β-unsaturated/α-hetero) is 1. The highest BCUT2D eigenvalue weighted by molar-refractivity contribution is 6.09. The Labute approximate surface area is 112 Å². The molecule has 1 aromatic carbocycles. The molecule has 4 heteroatoms. The minimum atomic E-state index is -1.66. The summed E-state index contributed by atoms with van der Waals surface area (Å²) in [7, 11) is 1.65. The van der Waals surface area contributed by atoms with Crippen molar-refractivity contribution in [2.45, 2.75) is 31.3 Å². The SMILES string of the molecule is CN1C(=O)[C@](O)(C2CCCCC2=O)c2ccccc21. The van der Waals surface area contributed by atoms with Crippen LogP contribution in [0.1, 0.15) is 31.2 Å². The zero-order chi connectivity index (χ0) is 13.6. The van der Waals surface area contributed by atoms with E-state index in [9.17, 15) is 14.7 Å². The third-order valence-electron chi connectivity index (χ3n) is 4.37. The van der Waals surface area contributed by atoms with Crippen molar-refractivity contribution in [2.75, 3.05) is 11.9 Å². The normalized spacial score (nSPS) is 30.6. The van der Waals surface area contributed by atoms with Gasteiger partial charge in [0.25, 0.3) is 5.91 Å². The fourth-order valence-corrected chi connectivity index (χ4v) is 3.33. The van der Waals surface area contributed by atoms with Crippen molar-refractivity contribution in [3.05, 3.63) is 29.8 Å². The molecule has 2 aliphatic rings. The number of aliphatic hydroxyl groups is 1. The first-order chi connectivity index (χ1) is 9.06. The van der Waals surface area contributed by atoms with E-state index in [0.717, 1.165) is 12.8 Å². The minimum absolute atomic E-state index is 0.00667. The standard InChI is InChI=1S/C15H17NO3/c1-16-12-8-4-2-6-10(12)15(19,14(16)18)11-7-3-5-9-13(11)17/h2,4,6,8,11,19H,3,5,7,9H2,1H3/t11?,15-/m1/s1. The van der Waals surface area contributed by atoms with Crippen LogP contribution in [0.4, 0.5) is 5.69 Å². The lowest BCUT2D eigenvalue weighted by atomic mass is 9.73. The fraction of sp³-hybridized carbons (Fsp3) is 0.467. The number of para-hydroxylation sites is 1.